The van der Waals surface area contributed by atoms with Gasteiger partial charge in [0.05, 0.1) is 18.3 Å². The summed E-state index contributed by atoms with van der Waals surface area (Å²) in [6.07, 6.45) is 2.06. The fourth-order valence-corrected chi connectivity index (χ4v) is 3.04. The molecule has 1 unspecified atom stereocenters. The molecule has 0 aliphatic carbocycles. The molecule has 1 amide bonds. The number of hydrogen-bond acceptors (Lipinski definition) is 6. The Kier molecular flexibility index (Phi) is 9.77. The number of aromatic nitrogens is 1. The predicted molar refractivity (Wildman–Crippen MR) is 108 cm³/mol. The van der Waals surface area contributed by atoms with Crippen LogP contribution in [-0.2, 0) is 9.53 Å². The summed E-state index contributed by atoms with van der Waals surface area (Å²) in [5.74, 6) is 0.128. The van der Waals surface area contributed by atoms with Crippen LogP contribution >= 0.6 is 11.3 Å². The first-order valence-electron chi connectivity index (χ1n) is 9.19. The highest BCUT2D eigenvalue weighted by Crippen LogP contribution is 2.24. The molecule has 0 aromatic carbocycles. The Labute approximate surface area is 165 Å². The van der Waals surface area contributed by atoms with Gasteiger partial charge in [-0.2, -0.15) is 0 Å². The normalized spacial score (nSPS) is 12.4. The predicted octanol–water partition coefficient (Wildman–Crippen LogP) is 2.11. The molecule has 0 radical (unpaired) electrons. The number of carbonyl (C=O) groups is 2. The van der Waals surface area contributed by atoms with Gasteiger partial charge in [-0.05, 0) is 27.2 Å². The van der Waals surface area contributed by atoms with Crippen molar-refractivity contribution in [1.82, 2.24) is 20.5 Å². The van der Waals surface area contributed by atoms with Crippen molar-refractivity contribution in [3.05, 3.63) is 15.6 Å². The second-order valence-corrected chi connectivity index (χ2v) is 7.32. The SMILES string of the molecule is CCCCNC(=NCC(=O)N(C)C)NC(C)c1nc(C)c(C(=O)OCC)s1. The van der Waals surface area contributed by atoms with E-state index in [2.05, 4.69) is 27.5 Å². The number of amides is 1. The molecular weight excluding hydrogens is 366 g/mol. The zero-order valence-corrected chi connectivity index (χ0v) is 17.9. The first kappa shape index (κ1) is 22.9. The van der Waals surface area contributed by atoms with Gasteiger partial charge < -0.3 is 20.3 Å². The number of nitrogens with zero attached hydrogens (tertiary/aromatic N) is 3. The van der Waals surface area contributed by atoms with Gasteiger partial charge in [-0.3, -0.25) is 4.79 Å². The molecule has 9 heteroatoms. The molecular formula is C18H31N5O3S. The van der Waals surface area contributed by atoms with E-state index in [1.54, 1.807) is 27.9 Å². The summed E-state index contributed by atoms with van der Waals surface area (Å²) < 4.78 is 5.07. The molecule has 152 valence electrons. The first-order valence-corrected chi connectivity index (χ1v) is 10.0. The second kappa shape index (κ2) is 11.5. The lowest BCUT2D eigenvalue weighted by Gasteiger charge is -2.17. The zero-order chi connectivity index (χ0) is 20.4. The Morgan fingerprint density at radius 2 is 2.04 bits per heavy atom. The summed E-state index contributed by atoms with van der Waals surface area (Å²) in [5, 5.41) is 7.26. The molecule has 0 aliphatic rings. The molecule has 1 heterocycles. The van der Waals surface area contributed by atoms with Crippen molar-refractivity contribution in [3.63, 3.8) is 0 Å². The van der Waals surface area contributed by atoms with E-state index in [1.165, 1.54) is 16.2 Å². The summed E-state index contributed by atoms with van der Waals surface area (Å²) >= 11 is 1.31. The number of guanidine groups is 1. The van der Waals surface area contributed by atoms with Gasteiger partial charge >= 0.3 is 5.97 Å². The van der Waals surface area contributed by atoms with Crippen molar-refractivity contribution in [2.24, 2.45) is 4.99 Å². The number of hydrogen-bond donors (Lipinski definition) is 2. The van der Waals surface area contributed by atoms with Crippen molar-refractivity contribution >= 4 is 29.2 Å². The van der Waals surface area contributed by atoms with Crippen LogP contribution in [0.5, 0.6) is 0 Å². The molecule has 0 saturated heterocycles. The van der Waals surface area contributed by atoms with Gasteiger partial charge in [-0.25, -0.2) is 14.8 Å². The molecule has 1 aromatic heterocycles. The Hall–Kier alpha value is -2.16. The minimum Gasteiger partial charge on any atom is -0.462 e. The number of likely N-dealkylation sites (N-methyl/N-ethyl adjacent to an activating group) is 1. The topological polar surface area (TPSA) is 95.9 Å². The number of thiazole rings is 1. The van der Waals surface area contributed by atoms with Crippen LogP contribution in [0.3, 0.4) is 0 Å². The lowest BCUT2D eigenvalue weighted by molar-refractivity contribution is -0.127. The lowest BCUT2D eigenvalue weighted by atomic mass is 10.3. The number of aliphatic imine (C=N–C) groups is 1. The molecule has 0 spiro atoms. The Morgan fingerprint density at radius 3 is 2.63 bits per heavy atom. The number of aryl methyl sites for hydroxylation is 1. The van der Waals surface area contributed by atoms with Crippen LogP contribution in [0.1, 0.15) is 60.0 Å². The van der Waals surface area contributed by atoms with Crippen molar-refractivity contribution in [3.8, 4) is 0 Å². The molecule has 0 aliphatic heterocycles. The van der Waals surface area contributed by atoms with Crippen LogP contribution in [-0.4, -0.2) is 61.5 Å². The summed E-state index contributed by atoms with van der Waals surface area (Å²) in [5.41, 5.74) is 0.655. The minimum absolute atomic E-state index is 0.0617. The molecule has 0 fully saturated rings. The Balaban J connectivity index is 2.86. The molecule has 27 heavy (non-hydrogen) atoms. The lowest BCUT2D eigenvalue weighted by Crippen LogP contribution is -2.40. The highest BCUT2D eigenvalue weighted by molar-refractivity contribution is 7.13. The van der Waals surface area contributed by atoms with Crippen LogP contribution in [0.4, 0.5) is 0 Å². The molecule has 2 N–H and O–H groups in total. The Bertz CT molecular complexity index is 657. The standard InChI is InChI=1S/C18H31N5O3S/c1-7-9-10-19-18(20-11-14(24)23(5)6)22-13(4)16-21-12(3)15(27-16)17(25)26-8-2/h13H,7-11H2,1-6H3,(H2,19,20,22). The monoisotopic (exact) mass is 397 g/mol. The number of esters is 1. The first-order chi connectivity index (χ1) is 12.8. The Morgan fingerprint density at radius 1 is 1.33 bits per heavy atom. The van der Waals surface area contributed by atoms with Crippen molar-refractivity contribution in [1.29, 1.82) is 0 Å². The average molecular weight is 398 g/mol. The third-order valence-electron chi connectivity index (χ3n) is 3.69. The van der Waals surface area contributed by atoms with Gasteiger partial charge in [0.15, 0.2) is 5.96 Å². The maximum Gasteiger partial charge on any atom is 0.350 e. The van der Waals surface area contributed by atoms with Gasteiger partial charge in [0.1, 0.15) is 16.4 Å². The molecule has 1 aromatic rings. The highest BCUT2D eigenvalue weighted by Gasteiger charge is 2.20. The molecule has 0 bridgehead atoms. The summed E-state index contributed by atoms with van der Waals surface area (Å²) in [7, 11) is 3.40. The average Bonchev–Trinajstić information content (AvgIpc) is 3.01. The summed E-state index contributed by atoms with van der Waals surface area (Å²) in [6.45, 7) is 8.78. The van der Waals surface area contributed by atoms with Gasteiger partial charge in [0, 0.05) is 20.6 Å². The van der Waals surface area contributed by atoms with Gasteiger partial charge in [-0.1, -0.05) is 13.3 Å². The number of nitrogens with one attached hydrogen (secondary N) is 2. The maximum atomic E-state index is 12.0. The third-order valence-corrected chi connectivity index (χ3v) is 5.01. The fourth-order valence-electron chi connectivity index (χ4n) is 2.08. The van der Waals surface area contributed by atoms with Crippen molar-refractivity contribution in [2.45, 2.75) is 46.6 Å². The van der Waals surface area contributed by atoms with E-state index >= 15 is 0 Å². The zero-order valence-electron chi connectivity index (χ0n) is 17.1. The van der Waals surface area contributed by atoms with E-state index in [-0.39, 0.29) is 24.5 Å². The second-order valence-electron chi connectivity index (χ2n) is 6.29. The van der Waals surface area contributed by atoms with Gasteiger partial charge in [0.2, 0.25) is 5.91 Å². The van der Waals surface area contributed by atoms with Crippen LogP contribution in [0.25, 0.3) is 0 Å². The van der Waals surface area contributed by atoms with Crippen molar-refractivity contribution in [2.75, 3.05) is 33.8 Å². The summed E-state index contributed by atoms with van der Waals surface area (Å²) in [6, 6.07) is -0.167. The van der Waals surface area contributed by atoms with Crippen LogP contribution in [0.15, 0.2) is 4.99 Å². The quantitative estimate of drug-likeness (QED) is 0.287. The number of unbranched alkanes of at least 4 members (excludes halogenated alkanes) is 1. The van der Waals surface area contributed by atoms with Gasteiger partial charge in [0.25, 0.3) is 0 Å². The summed E-state index contributed by atoms with van der Waals surface area (Å²) in [4.78, 5) is 34.7. The van der Waals surface area contributed by atoms with Crippen molar-refractivity contribution < 1.29 is 14.3 Å². The van der Waals surface area contributed by atoms with Crippen LogP contribution < -0.4 is 10.6 Å². The maximum absolute atomic E-state index is 12.0. The molecule has 1 atom stereocenters. The fraction of sp³-hybridized carbons (Fsp3) is 0.667. The third kappa shape index (κ3) is 7.54. The van der Waals surface area contributed by atoms with E-state index in [1.807, 2.05) is 6.92 Å². The van der Waals surface area contributed by atoms with Gasteiger partial charge in [-0.15, -0.1) is 11.3 Å². The van der Waals surface area contributed by atoms with E-state index in [4.69, 9.17) is 4.74 Å². The number of rotatable bonds is 9. The molecule has 1 rings (SSSR count). The van der Waals surface area contributed by atoms with Crippen LogP contribution in [0.2, 0.25) is 0 Å². The molecule has 0 saturated carbocycles. The smallest absolute Gasteiger partial charge is 0.350 e. The largest absolute Gasteiger partial charge is 0.462 e. The highest BCUT2D eigenvalue weighted by atomic mass is 32.1. The molecule has 8 nitrogen and oxygen atoms in total. The number of ether oxygens (including phenoxy) is 1. The van der Waals surface area contributed by atoms with E-state index in [0.29, 0.717) is 23.1 Å². The van der Waals surface area contributed by atoms with E-state index in [9.17, 15) is 9.59 Å². The van der Waals surface area contributed by atoms with E-state index < -0.39 is 0 Å². The van der Waals surface area contributed by atoms with E-state index in [0.717, 1.165) is 24.4 Å². The number of carbonyl (C=O) groups excluding carboxylic acids is 2. The minimum atomic E-state index is -0.350. The van der Waals surface area contributed by atoms with Crippen LogP contribution in [0, 0.1) is 6.92 Å².